The van der Waals surface area contributed by atoms with Gasteiger partial charge in [0.1, 0.15) is 0 Å². The van der Waals surface area contributed by atoms with E-state index in [4.69, 9.17) is 23.2 Å². The number of halogens is 2. The molecule has 0 bridgehead atoms. The van der Waals surface area contributed by atoms with Crippen molar-refractivity contribution in [2.75, 3.05) is 11.4 Å². The number of benzene rings is 2. The standard InChI is InChI=1S/C19H18Cl2N2O2/c1-12-2-4-13(5-3-12)10-22-19(25)14-8-18(24)23(11-14)17-7-6-15(20)9-16(17)21/h2-7,9,14H,8,10-11H2,1H3,(H,22,25). The third-order valence-electron chi connectivity index (χ3n) is 4.28. The normalized spacial score (nSPS) is 17.0. The molecule has 0 radical (unpaired) electrons. The van der Waals surface area contributed by atoms with Crippen LogP contribution in [0.2, 0.25) is 10.0 Å². The summed E-state index contributed by atoms with van der Waals surface area (Å²) >= 11 is 12.1. The van der Waals surface area contributed by atoms with Crippen LogP contribution >= 0.6 is 23.2 Å². The number of aryl methyl sites for hydroxylation is 1. The molecule has 1 N–H and O–H groups in total. The second kappa shape index (κ2) is 7.46. The number of hydrogen-bond acceptors (Lipinski definition) is 2. The molecule has 1 saturated heterocycles. The fraction of sp³-hybridized carbons (Fsp3) is 0.263. The molecule has 2 aromatic carbocycles. The second-order valence-electron chi connectivity index (χ2n) is 6.20. The highest BCUT2D eigenvalue weighted by atomic mass is 35.5. The van der Waals surface area contributed by atoms with Crippen LogP contribution in [0.1, 0.15) is 17.5 Å². The first-order valence-electron chi connectivity index (χ1n) is 8.02. The lowest BCUT2D eigenvalue weighted by Crippen LogP contribution is -2.32. The minimum Gasteiger partial charge on any atom is -0.352 e. The summed E-state index contributed by atoms with van der Waals surface area (Å²) in [6.07, 6.45) is 0.179. The van der Waals surface area contributed by atoms with Gasteiger partial charge in [-0.15, -0.1) is 0 Å². The van der Waals surface area contributed by atoms with Crippen LogP contribution in [-0.4, -0.2) is 18.4 Å². The number of nitrogens with one attached hydrogen (secondary N) is 1. The summed E-state index contributed by atoms with van der Waals surface area (Å²) in [4.78, 5) is 26.2. The molecule has 3 rings (SSSR count). The summed E-state index contributed by atoms with van der Waals surface area (Å²) in [6, 6.07) is 13.0. The fourth-order valence-electron chi connectivity index (χ4n) is 2.86. The third-order valence-corrected chi connectivity index (χ3v) is 4.82. The molecule has 2 aromatic rings. The Morgan fingerprint density at radius 3 is 2.60 bits per heavy atom. The molecule has 1 unspecified atom stereocenters. The zero-order valence-corrected chi connectivity index (χ0v) is 15.3. The van der Waals surface area contributed by atoms with Gasteiger partial charge in [0.2, 0.25) is 11.8 Å². The van der Waals surface area contributed by atoms with E-state index in [0.29, 0.717) is 28.8 Å². The van der Waals surface area contributed by atoms with Crippen molar-refractivity contribution in [1.82, 2.24) is 5.32 Å². The first kappa shape index (κ1) is 17.8. The van der Waals surface area contributed by atoms with Crippen molar-refractivity contribution in [3.63, 3.8) is 0 Å². The molecule has 0 spiro atoms. The Kier molecular flexibility index (Phi) is 5.30. The van der Waals surface area contributed by atoms with Crippen molar-refractivity contribution >= 4 is 40.7 Å². The lowest BCUT2D eigenvalue weighted by molar-refractivity contribution is -0.126. The molecular formula is C19H18Cl2N2O2. The molecule has 0 aromatic heterocycles. The fourth-order valence-corrected chi connectivity index (χ4v) is 3.37. The van der Waals surface area contributed by atoms with Crippen molar-refractivity contribution < 1.29 is 9.59 Å². The second-order valence-corrected chi connectivity index (χ2v) is 7.05. The van der Waals surface area contributed by atoms with Crippen LogP contribution < -0.4 is 10.2 Å². The minimum absolute atomic E-state index is 0.111. The molecule has 0 saturated carbocycles. The van der Waals surface area contributed by atoms with Gasteiger partial charge in [-0.1, -0.05) is 53.0 Å². The van der Waals surface area contributed by atoms with Gasteiger partial charge in [0.25, 0.3) is 0 Å². The van der Waals surface area contributed by atoms with Crippen molar-refractivity contribution in [3.8, 4) is 0 Å². The molecule has 1 aliphatic heterocycles. The van der Waals surface area contributed by atoms with Gasteiger partial charge >= 0.3 is 0 Å². The van der Waals surface area contributed by atoms with E-state index in [1.54, 1.807) is 23.1 Å². The van der Waals surface area contributed by atoms with Crippen LogP contribution in [0.15, 0.2) is 42.5 Å². The monoisotopic (exact) mass is 376 g/mol. The average molecular weight is 377 g/mol. The molecule has 4 nitrogen and oxygen atoms in total. The molecule has 1 aliphatic rings. The molecule has 1 heterocycles. The Labute approximate surface area is 156 Å². The van der Waals surface area contributed by atoms with E-state index in [1.807, 2.05) is 31.2 Å². The largest absolute Gasteiger partial charge is 0.352 e. The van der Waals surface area contributed by atoms with Crippen LogP contribution in [0.3, 0.4) is 0 Å². The van der Waals surface area contributed by atoms with Gasteiger partial charge in [-0.2, -0.15) is 0 Å². The Morgan fingerprint density at radius 1 is 1.20 bits per heavy atom. The highest BCUT2D eigenvalue weighted by molar-refractivity contribution is 6.36. The summed E-state index contributed by atoms with van der Waals surface area (Å²) < 4.78 is 0. The molecular weight excluding hydrogens is 359 g/mol. The number of amides is 2. The van der Waals surface area contributed by atoms with Crippen LogP contribution in [-0.2, 0) is 16.1 Å². The summed E-state index contributed by atoms with van der Waals surface area (Å²) in [6.45, 7) is 2.79. The number of carbonyl (C=O) groups is 2. The number of hydrogen-bond donors (Lipinski definition) is 1. The highest BCUT2D eigenvalue weighted by Crippen LogP contribution is 2.33. The molecule has 1 atom stereocenters. The number of anilines is 1. The molecule has 0 aliphatic carbocycles. The van der Waals surface area contributed by atoms with Crippen LogP contribution in [0.25, 0.3) is 0 Å². The van der Waals surface area contributed by atoms with Gasteiger partial charge < -0.3 is 10.2 Å². The highest BCUT2D eigenvalue weighted by Gasteiger charge is 2.35. The molecule has 1 fully saturated rings. The smallest absolute Gasteiger partial charge is 0.227 e. The summed E-state index contributed by atoms with van der Waals surface area (Å²) in [7, 11) is 0. The van der Waals surface area contributed by atoms with Gasteiger partial charge in [0, 0.05) is 24.5 Å². The zero-order valence-electron chi connectivity index (χ0n) is 13.8. The first-order valence-corrected chi connectivity index (χ1v) is 8.78. The number of rotatable bonds is 4. The topological polar surface area (TPSA) is 49.4 Å². The maximum absolute atomic E-state index is 12.4. The first-order chi connectivity index (χ1) is 11.9. The number of nitrogens with zero attached hydrogens (tertiary/aromatic N) is 1. The maximum Gasteiger partial charge on any atom is 0.227 e. The van der Waals surface area contributed by atoms with Crippen molar-refractivity contribution in [1.29, 1.82) is 0 Å². The Hall–Kier alpha value is -2.04. The van der Waals surface area contributed by atoms with E-state index in [9.17, 15) is 9.59 Å². The SMILES string of the molecule is Cc1ccc(CNC(=O)C2CC(=O)N(c3ccc(Cl)cc3Cl)C2)cc1. The van der Waals surface area contributed by atoms with E-state index in [-0.39, 0.29) is 24.2 Å². The summed E-state index contributed by atoms with van der Waals surface area (Å²) in [5, 5.41) is 3.82. The Balaban J connectivity index is 1.63. The average Bonchev–Trinajstić information content (AvgIpc) is 2.96. The maximum atomic E-state index is 12.4. The lowest BCUT2D eigenvalue weighted by Gasteiger charge is -2.18. The van der Waals surface area contributed by atoms with E-state index < -0.39 is 0 Å². The van der Waals surface area contributed by atoms with Crippen molar-refractivity contribution in [2.24, 2.45) is 5.92 Å². The van der Waals surface area contributed by atoms with Crippen LogP contribution in [0.5, 0.6) is 0 Å². The van der Waals surface area contributed by atoms with Gasteiger partial charge in [-0.3, -0.25) is 9.59 Å². The van der Waals surface area contributed by atoms with E-state index in [2.05, 4.69) is 5.32 Å². The van der Waals surface area contributed by atoms with Gasteiger partial charge in [0.15, 0.2) is 0 Å². The van der Waals surface area contributed by atoms with E-state index in [0.717, 1.165) is 5.56 Å². The Bertz CT molecular complexity index is 806. The molecule has 6 heteroatoms. The number of carbonyl (C=O) groups excluding carboxylic acids is 2. The van der Waals surface area contributed by atoms with Crippen LogP contribution in [0, 0.1) is 12.8 Å². The Morgan fingerprint density at radius 2 is 1.92 bits per heavy atom. The van der Waals surface area contributed by atoms with Crippen LogP contribution in [0.4, 0.5) is 5.69 Å². The quantitative estimate of drug-likeness (QED) is 0.877. The molecule has 2 amide bonds. The minimum atomic E-state index is -0.385. The zero-order chi connectivity index (χ0) is 18.0. The molecule has 130 valence electrons. The van der Waals surface area contributed by atoms with E-state index >= 15 is 0 Å². The van der Waals surface area contributed by atoms with Gasteiger partial charge in [-0.25, -0.2) is 0 Å². The molecule has 25 heavy (non-hydrogen) atoms. The third kappa shape index (κ3) is 4.14. The predicted molar refractivity (Wildman–Crippen MR) is 99.9 cm³/mol. The van der Waals surface area contributed by atoms with Crippen molar-refractivity contribution in [2.45, 2.75) is 19.9 Å². The summed E-state index contributed by atoms with van der Waals surface area (Å²) in [5.41, 5.74) is 2.79. The van der Waals surface area contributed by atoms with E-state index in [1.165, 1.54) is 5.56 Å². The van der Waals surface area contributed by atoms with Crippen molar-refractivity contribution in [3.05, 3.63) is 63.6 Å². The van der Waals surface area contributed by atoms with Gasteiger partial charge in [-0.05, 0) is 30.7 Å². The van der Waals surface area contributed by atoms with Gasteiger partial charge in [0.05, 0.1) is 16.6 Å². The predicted octanol–water partition coefficient (Wildman–Crippen LogP) is 3.97. The lowest BCUT2D eigenvalue weighted by atomic mass is 10.1. The summed E-state index contributed by atoms with van der Waals surface area (Å²) in [5.74, 6) is -0.620.